The molecule has 0 aliphatic carbocycles. The lowest BCUT2D eigenvalue weighted by Gasteiger charge is -2.18. The van der Waals surface area contributed by atoms with Crippen LogP contribution in [0.4, 0.5) is 4.39 Å². The maximum Gasteiger partial charge on any atom is 0.147 e. The first-order chi connectivity index (χ1) is 10.0. The van der Waals surface area contributed by atoms with Crippen molar-refractivity contribution in [2.75, 3.05) is 5.75 Å². The standard InChI is InChI=1S/C15H15BrClFN2S/c1-9-4-2-3-5-13(9)21-8-12(20-19)10-6-7-11(16)14(17)15(10)18/h2-7,12,20H,8,19H2,1H3. The van der Waals surface area contributed by atoms with E-state index in [4.69, 9.17) is 17.4 Å². The highest BCUT2D eigenvalue weighted by molar-refractivity contribution is 9.10. The minimum Gasteiger partial charge on any atom is -0.271 e. The molecule has 0 radical (unpaired) electrons. The summed E-state index contributed by atoms with van der Waals surface area (Å²) in [6.07, 6.45) is 0. The lowest BCUT2D eigenvalue weighted by Crippen LogP contribution is -2.30. The second-order valence-electron chi connectivity index (χ2n) is 4.56. The van der Waals surface area contributed by atoms with Crippen LogP contribution in [0.5, 0.6) is 0 Å². The van der Waals surface area contributed by atoms with Crippen LogP contribution in [0.1, 0.15) is 17.2 Å². The van der Waals surface area contributed by atoms with Crippen LogP contribution in [0.3, 0.4) is 0 Å². The Morgan fingerprint density at radius 2 is 2.05 bits per heavy atom. The largest absolute Gasteiger partial charge is 0.271 e. The molecule has 0 heterocycles. The molecule has 6 heteroatoms. The number of nitrogens with one attached hydrogen (secondary N) is 1. The number of hydrogen-bond donors (Lipinski definition) is 2. The van der Waals surface area contributed by atoms with Gasteiger partial charge in [0.25, 0.3) is 0 Å². The molecule has 0 fully saturated rings. The van der Waals surface area contributed by atoms with Crippen molar-refractivity contribution in [3.8, 4) is 0 Å². The highest BCUT2D eigenvalue weighted by atomic mass is 79.9. The van der Waals surface area contributed by atoms with Gasteiger partial charge in [-0.1, -0.05) is 35.9 Å². The molecule has 0 amide bonds. The van der Waals surface area contributed by atoms with E-state index in [1.165, 1.54) is 5.56 Å². The number of hydrazine groups is 1. The van der Waals surface area contributed by atoms with Gasteiger partial charge in [-0.2, -0.15) is 0 Å². The predicted octanol–water partition coefficient (Wildman–Crippen LogP) is 4.85. The monoisotopic (exact) mass is 388 g/mol. The zero-order valence-corrected chi connectivity index (χ0v) is 14.5. The Kier molecular flexibility index (Phi) is 6.08. The normalized spacial score (nSPS) is 12.4. The van der Waals surface area contributed by atoms with Gasteiger partial charge >= 0.3 is 0 Å². The third-order valence-corrected chi connectivity index (χ3v) is 5.67. The van der Waals surface area contributed by atoms with Gasteiger partial charge in [-0.3, -0.25) is 11.3 Å². The van der Waals surface area contributed by atoms with Crippen LogP contribution < -0.4 is 11.3 Å². The van der Waals surface area contributed by atoms with Crippen LogP contribution in [-0.4, -0.2) is 5.75 Å². The fraction of sp³-hybridized carbons (Fsp3) is 0.200. The van der Waals surface area contributed by atoms with Gasteiger partial charge in [0.05, 0.1) is 11.1 Å². The van der Waals surface area contributed by atoms with Crippen LogP contribution in [-0.2, 0) is 0 Å². The van der Waals surface area contributed by atoms with Crippen molar-refractivity contribution in [2.24, 2.45) is 5.84 Å². The van der Waals surface area contributed by atoms with E-state index in [1.807, 2.05) is 31.2 Å². The lowest BCUT2D eigenvalue weighted by atomic mass is 10.1. The van der Waals surface area contributed by atoms with Gasteiger partial charge in [0.1, 0.15) is 5.82 Å². The molecule has 0 saturated heterocycles. The maximum atomic E-state index is 14.2. The van der Waals surface area contributed by atoms with E-state index in [0.29, 0.717) is 15.8 Å². The molecule has 112 valence electrons. The number of nitrogens with two attached hydrogens (primary N) is 1. The van der Waals surface area contributed by atoms with E-state index in [0.717, 1.165) is 4.90 Å². The van der Waals surface area contributed by atoms with Crippen LogP contribution in [0.25, 0.3) is 0 Å². The van der Waals surface area contributed by atoms with Crippen molar-refractivity contribution in [1.29, 1.82) is 0 Å². The van der Waals surface area contributed by atoms with E-state index in [1.54, 1.807) is 23.9 Å². The summed E-state index contributed by atoms with van der Waals surface area (Å²) < 4.78 is 14.8. The van der Waals surface area contributed by atoms with Crippen molar-refractivity contribution in [2.45, 2.75) is 17.9 Å². The first-order valence-corrected chi connectivity index (χ1v) is 8.48. The van der Waals surface area contributed by atoms with E-state index >= 15 is 0 Å². The smallest absolute Gasteiger partial charge is 0.147 e. The molecule has 2 rings (SSSR count). The molecule has 0 aliphatic heterocycles. The molecular formula is C15H15BrClFN2S. The average Bonchev–Trinajstić information content (AvgIpc) is 2.49. The van der Waals surface area contributed by atoms with E-state index < -0.39 is 5.82 Å². The lowest BCUT2D eigenvalue weighted by molar-refractivity contribution is 0.546. The van der Waals surface area contributed by atoms with Crippen LogP contribution >= 0.6 is 39.3 Å². The minimum absolute atomic E-state index is 0.0774. The van der Waals surface area contributed by atoms with E-state index in [2.05, 4.69) is 21.4 Å². The second kappa shape index (κ2) is 7.61. The fourth-order valence-electron chi connectivity index (χ4n) is 1.93. The molecule has 0 bridgehead atoms. The summed E-state index contributed by atoms with van der Waals surface area (Å²) in [5.74, 6) is 5.74. The Morgan fingerprint density at radius 1 is 1.33 bits per heavy atom. The second-order valence-corrected chi connectivity index (χ2v) is 6.85. The Hall–Kier alpha value is -0.590. The molecule has 0 aliphatic rings. The quantitative estimate of drug-likeness (QED) is 0.332. The van der Waals surface area contributed by atoms with Crippen molar-refractivity contribution >= 4 is 39.3 Å². The topological polar surface area (TPSA) is 38.0 Å². The maximum absolute atomic E-state index is 14.2. The highest BCUT2D eigenvalue weighted by Crippen LogP contribution is 2.33. The SMILES string of the molecule is Cc1ccccc1SCC(NN)c1ccc(Br)c(Cl)c1F. The molecule has 0 aromatic heterocycles. The summed E-state index contributed by atoms with van der Waals surface area (Å²) in [5, 5.41) is 0.0774. The van der Waals surface area contributed by atoms with Gasteiger partial charge in [-0.15, -0.1) is 11.8 Å². The molecule has 1 unspecified atom stereocenters. The van der Waals surface area contributed by atoms with E-state index in [9.17, 15) is 4.39 Å². The summed E-state index contributed by atoms with van der Waals surface area (Å²) in [7, 11) is 0. The summed E-state index contributed by atoms with van der Waals surface area (Å²) >= 11 is 10.8. The van der Waals surface area contributed by atoms with Crippen LogP contribution in [0, 0.1) is 12.7 Å². The molecule has 2 aromatic rings. The zero-order valence-electron chi connectivity index (χ0n) is 11.4. The Balaban J connectivity index is 2.18. The van der Waals surface area contributed by atoms with Crippen molar-refractivity contribution in [3.63, 3.8) is 0 Å². The zero-order chi connectivity index (χ0) is 15.4. The van der Waals surface area contributed by atoms with Gasteiger partial charge in [0.2, 0.25) is 0 Å². The summed E-state index contributed by atoms with van der Waals surface area (Å²) in [6.45, 7) is 2.05. The highest BCUT2D eigenvalue weighted by Gasteiger charge is 2.18. The molecular weight excluding hydrogens is 375 g/mol. The Morgan fingerprint density at radius 3 is 2.71 bits per heavy atom. The van der Waals surface area contributed by atoms with Crippen LogP contribution in [0.2, 0.25) is 5.02 Å². The summed E-state index contributed by atoms with van der Waals surface area (Å²) in [5.41, 5.74) is 4.31. The number of benzene rings is 2. The van der Waals surface area contributed by atoms with Crippen LogP contribution in [0.15, 0.2) is 45.8 Å². The van der Waals surface area contributed by atoms with Gasteiger partial charge in [-0.05, 0) is 40.5 Å². The molecule has 1 atom stereocenters. The van der Waals surface area contributed by atoms with Gasteiger partial charge in [0.15, 0.2) is 0 Å². The molecule has 0 spiro atoms. The minimum atomic E-state index is -0.445. The number of rotatable bonds is 5. The fourth-order valence-corrected chi connectivity index (χ4v) is 3.50. The van der Waals surface area contributed by atoms with Crippen molar-refractivity contribution in [1.82, 2.24) is 5.43 Å². The summed E-state index contributed by atoms with van der Waals surface area (Å²) in [4.78, 5) is 1.15. The first-order valence-electron chi connectivity index (χ1n) is 6.32. The molecule has 3 N–H and O–H groups in total. The summed E-state index contributed by atoms with van der Waals surface area (Å²) in [6, 6.07) is 11.2. The molecule has 2 nitrogen and oxygen atoms in total. The molecule has 21 heavy (non-hydrogen) atoms. The first kappa shape index (κ1) is 16.8. The van der Waals surface area contributed by atoms with E-state index in [-0.39, 0.29) is 11.1 Å². The number of aryl methyl sites for hydroxylation is 1. The third kappa shape index (κ3) is 3.99. The number of thioether (sulfide) groups is 1. The molecule has 0 saturated carbocycles. The predicted molar refractivity (Wildman–Crippen MR) is 91.1 cm³/mol. The Bertz CT molecular complexity index is 639. The number of halogens is 3. The average molecular weight is 390 g/mol. The Labute approximate surface area is 141 Å². The molecule has 2 aromatic carbocycles. The third-order valence-electron chi connectivity index (χ3n) is 3.14. The van der Waals surface area contributed by atoms with Crippen molar-refractivity contribution in [3.05, 3.63) is 62.8 Å². The van der Waals surface area contributed by atoms with Gasteiger partial charge in [0, 0.05) is 20.7 Å². The van der Waals surface area contributed by atoms with Crippen molar-refractivity contribution < 1.29 is 4.39 Å². The van der Waals surface area contributed by atoms with Gasteiger partial charge < -0.3 is 0 Å². The van der Waals surface area contributed by atoms with Gasteiger partial charge in [-0.25, -0.2) is 4.39 Å². The number of hydrogen-bond acceptors (Lipinski definition) is 3.